The van der Waals surface area contributed by atoms with Crippen molar-refractivity contribution in [2.75, 3.05) is 18.4 Å². The lowest BCUT2D eigenvalue weighted by atomic mass is 10.2. The fourth-order valence-electron chi connectivity index (χ4n) is 1.08. The van der Waals surface area contributed by atoms with Crippen LogP contribution in [-0.4, -0.2) is 24.0 Å². The quantitative estimate of drug-likeness (QED) is 0.757. The number of amides is 1. The van der Waals surface area contributed by atoms with E-state index in [1.54, 1.807) is 18.3 Å². The first-order chi connectivity index (χ1) is 6.77. The topological polar surface area (TPSA) is 54.0 Å². The van der Waals surface area contributed by atoms with Crippen molar-refractivity contribution < 1.29 is 4.79 Å². The van der Waals surface area contributed by atoms with Gasteiger partial charge in [-0.05, 0) is 26.0 Å². The van der Waals surface area contributed by atoms with Gasteiger partial charge in [-0.15, -0.1) is 0 Å². The van der Waals surface area contributed by atoms with E-state index >= 15 is 0 Å². The zero-order valence-electron chi connectivity index (χ0n) is 8.50. The number of nitrogens with one attached hydrogen (secondary N) is 2. The van der Waals surface area contributed by atoms with Crippen molar-refractivity contribution in [2.45, 2.75) is 13.8 Å². The number of nitrogens with zero attached hydrogens (tertiary/aromatic N) is 1. The van der Waals surface area contributed by atoms with E-state index in [4.69, 9.17) is 0 Å². The average Bonchev–Trinajstić information content (AvgIpc) is 2.20. The third-order valence-corrected chi connectivity index (χ3v) is 1.72. The van der Waals surface area contributed by atoms with Gasteiger partial charge in [0.05, 0.1) is 5.56 Å². The Hall–Kier alpha value is -1.58. The van der Waals surface area contributed by atoms with E-state index in [1.807, 2.05) is 13.8 Å². The van der Waals surface area contributed by atoms with Gasteiger partial charge in [0.25, 0.3) is 5.91 Å². The van der Waals surface area contributed by atoms with Gasteiger partial charge in [0.15, 0.2) is 0 Å². The predicted octanol–water partition coefficient (Wildman–Crippen LogP) is 1.26. The molecule has 0 aromatic carbocycles. The van der Waals surface area contributed by atoms with Crippen molar-refractivity contribution in [2.24, 2.45) is 0 Å². The fourth-order valence-corrected chi connectivity index (χ4v) is 1.08. The van der Waals surface area contributed by atoms with Crippen LogP contribution in [0.5, 0.6) is 0 Å². The van der Waals surface area contributed by atoms with Crippen molar-refractivity contribution in [3.8, 4) is 0 Å². The van der Waals surface area contributed by atoms with Gasteiger partial charge in [0.2, 0.25) is 0 Å². The Morgan fingerprint density at radius 1 is 1.36 bits per heavy atom. The molecule has 0 saturated carbocycles. The molecule has 0 atom stereocenters. The minimum Gasteiger partial charge on any atom is -0.370 e. The molecule has 1 heterocycles. The molecule has 76 valence electrons. The summed E-state index contributed by atoms with van der Waals surface area (Å²) in [5, 5.41) is 5.78. The summed E-state index contributed by atoms with van der Waals surface area (Å²) in [6, 6.07) is 3.56. The van der Waals surface area contributed by atoms with E-state index in [9.17, 15) is 4.79 Å². The lowest BCUT2D eigenvalue weighted by molar-refractivity contribution is 0.0955. The number of hydrogen-bond donors (Lipinski definition) is 2. The Labute approximate surface area is 83.7 Å². The highest BCUT2D eigenvalue weighted by atomic mass is 16.1. The van der Waals surface area contributed by atoms with Gasteiger partial charge >= 0.3 is 0 Å². The van der Waals surface area contributed by atoms with Gasteiger partial charge in [-0.3, -0.25) is 4.79 Å². The Balaban J connectivity index is 2.67. The molecular formula is C10H15N3O. The summed E-state index contributed by atoms with van der Waals surface area (Å²) in [7, 11) is 0. The predicted molar refractivity (Wildman–Crippen MR) is 56.4 cm³/mol. The average molecular weight is 193 g/mol. The molecule has 0 saturated heterocycles. The molecular weight excluding hydrogens is 178 g/mol. The summed E-state index contributed by atoms with van der Waals surface area (Å²) in [4.78, 5) is 15.4. The molecule has 0 unspecified atom stereocenters. The Kier molecular flexibility index (Phi) is 3.91. The number of carbonyl (C=O) groups is 1. The van der Waals surface area contributed by atoms with Gasteiger partial charge in [-0.1, -0.05) is 0 Å². The van der Waals surface area contributed by atoms with Gasteiger partial charge in [0.1, 0.15) is 5.82 Å². The van der Waals surface area contributed by atoms with Crippen LogP contribution in [0.2, 0.25) is 0 Å². The van der Waals surface area contributed by atoms with Crippen LogP contribution in [0.4, 0.5) is 5.82 Å². The van der Waals surface area contributed by atoms with Gasteiger partial charge in [-0.25, -0.2) is 4.98 Å². The smallest absolute Gasteiger partial charge is 0.252 e. The fraction of sp³-hybridized carbons (Fsp3) is 0.400. The summed E-state index contributed by atoms with van der Waals surface area (Å²) >= 11 is 0. The Morgan fingerprint density at radius 2 is 2.14 bits per heavy atom. The van der Waals surface area contributed by atoms with E-state index in [-0.39, 0.29) is 5.91 Å². The highest BCUT2D eigenvalue weighted by Crippen LogP contribution is 2.04. The van der Waals surface area contributed by atoms with Crippen LogP contribution < -0.4 is 10.6 Å². The van der Waals surface area contributed by atoms with Crippen molar-refractivity contribution in [1.82, 2.24) is 10.3 Å². The summed E-state index contributed by atoms with van der Waals surface area (Å²) in [6.07, 6.45) is 1.57. The second-order valence-corrected chi connectivity index (χ2v) is 2.82. The first-order valence-corrected chi connectivity index (χ1v) is 4.76. The maximum absolute atomic E-state index is 11.3. The number of pyridine rings is 1. The zero-order chi connectivity index (χ0) is 10.4. The normalized spacial score (nSPS) is 9.57. The minimum atomic E-state index is -0.0805. The van der Waals surface area contributed by atoms with E-state index < -0.39 is 0 Å². The number of anilines is 1. The third kappa shape index (κ3) is 2.73. The second-order valence-electron chi connectivity index (χ2n) is 2.82. The standard InChI is InChI=1S/C10H15N3O/c1-3-11-9-6-5-8(7-13-9)10(14)12-4-2/h5-7H,3-4H2,1-2H3,(H,11,13)(H,12,14). The van der Waals surface area contributed by atoms with Crippen LogP contribution in [0.1, 0.15) is 24.2 Å². The molecule has 1 aromatic rings. The van der Waals surface area contributed by atoms with Crippen LogP contribution in [0.15, 0.2) is 18.3 Å². The molecule has 14 heavy (non-hydrogen) atoms. The first kappa shape index (κ1) is 10.5. The highest BCUT2D eigenvalue weighted by Gasteiger charge is 2.03. The van der Waals surface area contributed by atoms with Gasteiger partial charge in [-0.2, -0.15) is 0 Å². The molecule has 1 amide bonds. The summed E-state index contributed by atoms with van der Waals surface area (Å²) in [6.45, 7) is 5.35. The summed E-state index contributed by atoms with van der Waals surface area (Å²) in [5.74, 6) is 0.712. The third-order valence-electron chi connectivity index (χ3n) is 1.72. The van der Waals surface area contributed by atoms with Crippen LogP contribution in [-0.2, 0) is 0 Å². The van der Waals surface area contributed by atoms with Crippen LogP contribution >= 0.6 is 0 Å². The highest BCUT2D eigenvalue weighted by molar-refractivity contribution is 5.93. The van der Waals surface area contributed by atoms with Crippen molar-refractivity contribution >= 4 is 11.7 Å². The molecule has 0 aliphatic rings. The maximum atomic E-state index is 11.3. The van der Waals surface area contributed by atoms with Crippen LogP contribution in [0.3, 0.4) is 0 Å². The zero-order valence-corrected chi connectivity index (χ0v) is 8.50. The SMILES string of the molecule is CCNC(=O)c1ccc(NCC)nc1. The first-order valence-electron chi connectivity index (χ1n) is 4.76. The number of aromatic nitrogens is 1. The van der Waals surface area contributed by atoms with Crippen molar-refractivity contribution in [3.05, 3.63) is 23.9 Å². The van der Waals surface area contributed by atoms with Crippen molar-refractivity contribution in [3.63, 3.8) is 0 Å². The van der Waals surface area contributed by atoms with Gasteiger partial charge < -0.3 is 10.6 Å². The Bertz CT molecular complexity index is 295. The monoisotopic (exact) mass is 193 g/mol. The van der Waals surface area contributed by atoms with E-state index in [0.29, 0.717) is 12.1 Å². The van der Waals surface area contributed by atoms with Crippen LogP contribution in [0.25, 0.3) is 0 Å². The molecule has 4 heteroatoms. The summed E-state index contributed by atoms with van der Waals surface area (Å²) < 4.78 is 0. The minimum absolute atomic E-state index is 0.0805. The molecule has 0 aliphatic heterocycles. The van der Waals surface area contributed by atoms with Crippen LogP contribution in [0, 0.1) is 0 Å². The lowest BCUT2D eigenvalue weighted by Gasteiger charge is -2.04. The molecule has 4 nitrogen and oxygen atoms in total. The summed E-state index contributed by atoms with van der Waals surface area (Å²) in [5.41, 5.74) is 0.591. The van der Waals surface area contributed by atoms with E-state index in [2.05, 4.69) is 15.6 Å². The van der Waals surface area contributed by atoms with Gasteiger partial charge in [0, 0.05) is 19.3 Å². The van der Waals surface area contributed by atoms with E-state index in [0.717, 1.165) is 12.4 Å². The molecule has 1 aromatic heterocycles. The maximum Gasteiger partial charge on any atom is 0.252 e. The Morgan fingerprint density at radius 3 is 2.64 bits per heavy atom. The molecule has 2 N–H and O–H groups in total. The largest absolute Gasteiger partial charge is 0.370 e. The molecule has 1 rings (SSSR count). The molecule has 0 aliphatic carbocycles. The second kappa shape index (κ2) is 5.21. The lowest BCUT2D eigenvalue weighted by Crippen LogP contribution is -2.22. The number of rotatable bonds is 4. The van der Waals surface area contributed by atoms with Crippen molar-refractivity contribution in [1.29, 1.82) is 0 Å². The molecule has 0 spiro atoms. The molecule has 0 bridgehead atoms. The molecule has 0 radical (unpaired) electrons. The van der Waals surface area contributed by atoms with E-state index in [1.165, 1.54) is 0 Å². The number of carbonyl (C=O) groups excluding carboxylic acids is 1. The number of hydrogen-bond acceptors (Lipinski definition) is 3. The molecule has 0 fully saturated rings.